The number of halogens is 2. The number of nitrogens with zero attached hydrogens (tertiary/aromatic N) is 4. The van der Waals surface area contributed by atoms with E-state index in [1.165, 1.54) is 0 Å². The van der Waals surface area contributed by atoms with E-state index < -0.39 is 0 Å². The summed E-state index contributed by atoms with van der Waals surface area (Å²) in [6, 6.07) is 2.19. The molecule has 1 unspecified atom stereocenters. The number of amides is 1. The highest BCUT2D eigenvalue weighted by atomic mass is 35.5. The lowest BCUT2D eigenvalue weighted by Gasteiger charge is -2.09. The van der Waals surface area contributed by atoms with Gasteiger partial charge in [0.05, 0.1) is 0 Å². The molecule has 0 spiro atoms. The van der Waals surface area contributed by atoms with Gasteiger partial charge in [0.1, 0.15) is 0 Å². The maximum absolute atomic E-state index is 12.0. The highest BCUT2D eigenvalue weighted by Crippen LogP contribution is 2.04. The summed E-state index contributed by atoms with van der Waals surface area (Å²) in [4.78, 5) is 20.2. The summed E-state index contributed by atoms with van der Waals surface area (Å²) < 4.78 is 1.57. The van der Waals surface area contributed by atoms with Crippen molar-refractivity contribution in [2.75, 3.05) is 13.1 Å². The van der Waals surface area contributed by atoms with Crippen molar-refractivity contribution in [3.63, 3.8) is 0 Å². The quantitative estimate of drug-likeness (QED) is 0.866. The lowest BCUT2D eigenvalue weighted by Crippen LogP contribution is -2.37. The van der Waals surface area contributed by atoms with Gasteiger partial charge in [0, 0.05) is 24.5 Å². The molecule has 2 N–H and O–H groups in total. The average molecular weight is 333 g/mol. The Morgan fingerprint density at radius 1 is 1.52 bits per heavy atom. The lowest BCUT2D eigenvalue weighted by atomic mass is 10.2. The monoisotopic (exact) mass is 332 g/mol. The fourth-order valence-electron chi connectivity index (χ4n) is 2.23. The molecule has 116 valence electrons. The van der Waals surface area contributed by atoms with Gasteiger partial charge < -0.3 is 10.6 Å². The maximum Gasteiger partial charge on any atom is 0.291 e. The molecule has 1 fully saturated rings. The number of fused-ring (bicyclic) bond motifs is 1. The van der Waals surface area contributed by atoms with Crippen LogP contribution in [-0.2, 0) is 0 Å². The minimum absolute atomic E-state index is 0. The molecule has 0 aromatic carbocycles. The van der Waals surface area contributed by atoms with Crippen LogP contribution in [0.4, 0.5) is 0 Å². The molecule has 0 radical (unpaired) electrons. The predicted molar refractivity (Wildman–Crippen MR) is 83.4 cm³/mol. The molecule has 1 atom stereocenters. The molecule has 0 saturated carbocycles. The molecule has 1 aliphatic rings. The van der Waals surface area contributed by atoms with Crippen molar-refractivity contribution in [3.05, 3.63) is 23.8 Å². The van der Waals surface area contributed by atoms with Crippen LogP contribution in [0.3, 0.4) is 0 Å². The van der Waals surface area contributed by atoms with Gasteiger partial charge in [-0.15, -0.1) is 29.9 Å². The zero-order valence-electron chi connectivity index (χ0n) is 11.6. The molecule has 2 aromatic heterocycles. The molecule has 3 rings (SSSR count). The predicted octanol–water partition coefficient (Wildman–Crippen LogP) is 0.758. The van der Waals surface area contributed by atoms with E-state index in [0.29, 0.717) is 18.4 Å². The molecule has 1 aliphatic heterocycles. The first-order valence-electron chi connectivity index (χ1n) is 6.44. The van der Waals surface area contributed by atoms with Gasteiger partial charge >= 0.3 is 0 Å². The maximum atomic E-state index is 12.0. The Kier molecular flexibility index (Phi) is 6.32. The first kappa shape index (κ1) is 17.6. The molecule has 0 aliphatic carbocycles. The van der Waals surface area contributed by atoms with Gasteiger partial charge in [-0.05, 0) is 32.4 Å². The van der Waals surface area contributed by atoms with Crippen LogP contribution < -0.4 is 10.6 Å². The number of hydrogen-bond acceptors (Lipinski definition) is 5. The summed E-state index contributed by atoms with van der Waals surface area (Å²) in [5.74, 6) is 0.363. The van der Waals surface area contributed by atoms with Crippen LogP contribution in [0.15, 0.2) is 12.3 Å². The van der Waals surface area contributed by atoms with Crippen LogP contribution in [0, 0.1) is 6.92 Å². The van der Waals surface area contributed by atoms with E-state index in [0.717, 1.165) is 25.1 Å². The Hall–Kier alpha value is -1.44. The van der Waals surface area contributed by atoms with Crippen molar-refractivity contribution < 1.29 is 4.79 Å². The Labute approximate surface area is 134 Å². The van der Waals surface area contributed by atoms with Gasteiger partial charge in [0.2, 0.25) is 5.82 Å². The van der Waals surface area contributed by atoms with E-state index in [4.69, 9.17) is 0 Å². The summed E-state index contributed by atoms with van der Waals surface area (Å²) >= 11 is 0. The van der Waals surface area contributed by atoms with Crippen LogP contribution in [-0.4, -0.2) is 44.6 Å². The highest BCUT2D eigenvalue weighted by Gasteiger charge is 2.18. The van der Waals surface area contributed by atoms with E-state index in [2.05, 4.69) is 25.7 Å². The SMILES string of the molecule is Cc1ccnc2nc(C(=O)NCC3CCCN3)nn12.Cl.Cl. The molecule has 1 saturated heterocycles. The van der Waals surface area contributed by atoms with E-state index in [-0.39, 0.29) is 36.5 Å². The van der Waals surface area contributed by atoms with Gasteiger partial charge in [-0.1, -0.05) is 0 Å². The van der Waals surface area contributed by atoms with Crippen molar-refractivity contribution in [1.82, 2.24) is 30.2 Å². The van der Waals surface area contributed by atoms with E-state index in [1.807, 2.05) is 13.0 Å². The second kappa shape index (κ2) is 7.53. The number of aryl methyl sites for hydroxylation is 1. The van der Waals surface area contributed by atoms with Crippen LogP contribution in [0.1, 0.15) is 29.2 Å². The van der Waals surface area contributed by atoms with Crippen LogP contribution >= 0.6 is 24.8 Å². The molecule has 7 nitrogen and oxygen atoms in total. The second-order valence-electron chi connectivity index (χ2n) is 4.74. The second-order valence-corrected chi connectivity index (χ2v) is 4.74. The molecular weight excluding hydrogens is 315 g/mol. The zero-order valence-corrected chi connectivity index (χ0v) is 13.2. The molecule has 21 heavy (non-hydrogen) atoms. The zero-order chi connectivity index (χ0) is 13.2. The number of nitrogens with one attached hydrogen (secondary N) is 2. The normalized spacial score (nSPS) is 17.1. The summed E-state index contributed by atoms with van der Waals surface area (Å²) in [6.45, 7) is 3.53. The summed E-state index contributed by atoms with van der Waals surface area (Å²) in [7, 11) is 0. The standard InChI is InChI=1S/C12H16N6O.2ClH/c1-8-4-6-14-12-16-10(17-18(8)12)11(19)15-7-9-3-2-5-13-9;;/h4,6,9,13H,2-3,5,7H2,1H3,(H,15,19);2*1H. The van der Waals surface area contributed by atoms with E-state index in [1.54, 1.807) is 10.7 Å². The van der Waals surface area contributed by atoms with Crippen molar-refractivity contribution in [3.8, 4) is 0 Å². The molecule has 2 aromatic rings. The van der Waals surface area contributed by atoms with Gasteiger partial charge in [0.15, 0.2) is 0 Å². The fraction of sp³-hybridized carbons (Fsp3) is 0.500. The highest BCUT2D eigenvalue weighted by molar-refractivity contribution is 5.90. The van der Waals surface area contributed by atoms with Crippen molar-refractivity contribution in [2.45, 2.75) is 25.8 Å². The minimum atomic E-state index is -0.251. The Bertz CT molecular complexity index is 611. The lowest BCUT2D eigenvalue weighted by molar-refractivity contribution is 0.0940. The molecular formula is C12H18Cl2N6O. The average Bonchev–Trinajstić information content (AvgIpc) is 3.05. The third kappa shape index (κ3) is 3.81. The number of hydrogen-bond donors (Lipinski definition) is 2. The van der Waals surface area contributed by atoms with Gasteiger partial charge in [0.25, 0.3) is 11.7 Å². The van der Waals surface area contributed by atoms with Gasteiger partial charge in [-0.25, -0.2) is 9.50 Å². The van der Waals surface area contributed by atoms with Crippen LogP contribution in [0.25, 0.3) is 5.78 Å². The van der Waals surface area contributed by atoms with Crippen molar-refractivity contribution >= 4 is 36.5 Å². The molecule has 0 bridgehead atoms. The summed E-state index contributed by atoms with van der Waals surface area (Å²) in [5, 5.41) is 10.3. The fourth-order valence-corrected chi connectivity index (χ4v) is 2.23. The summed E-state index contributed by atoms with van der Waals surface area (Å²) in [6.07, 6.45) is 3.92. The van der Waals surface area contributed by atoms with E-state index >= 15 is 0 Å². The van der Waals surface area contributed by atoms with E-state index in [9.17, 15) is 4.79 Å². The number of aromatic nitrogens is 4. The van der Waals surface area contributed by atoms with Crippen LogP contribution in [0.5, 0.6) is 0 Å². The number of rotatable bonds is 3. The third-order valence-corrected chi connectivity index (χ3v) is 3.30. The van der Waals surface area contributed by atoms with Gasteiger partial charge in [-0.3, -0.25) is 4.79 Å². The molecule has 9 heteroatoms. The van der Waals surface area contributed by atoms with Crippen molar-refractivity contribution in [1.29, 1.82) is 0 Å². The Balaban J connectivity index is 0.00000110. The van der Waals surface area contributed by atoms with Crippen LogP contribution in [0.2, 0.25) is 0 Å². The molecule has 3 heterocycles. The smallest absolute Gasteiger partial charge is 0.291 e. The molecule has 1 amide bonds. The first-order chi connectivity index (χ1) is 9.24. The topological polar surface area (TPSA) is 84.2 Å². The minimum Gasteiger partial charge on any atom is -0.348 e. The number of carbonyl (C=O) groups is 1. The Morgan fingerprint density at radius 3 is 3.00 bits per heavy atom. The van der Waals surface area contributed by atoms with Crippen molar-refractivity contribution in [2.24, 2.45) is 0 Å². The number of carbonyl (C=O) groups excluding carboxylic acids is 1. The first-order valence-corrected chi connectivity index (χ1v) is 6.44. The summed E-state index contributed by atoms with van der Waals surface area (Å²) in [5.41, 5.74) is 0.897. The Morgan fingerprint density at radius 2 is 2.33 bits per heavy atom. The third-order valence-electron chi connectivity index (χ3n) is 3.30. The van der Waals surface area contributed by atoms with Gasteiger partial charge in [-0.2, -0.15) is 4.98 Å². The largest absolute Gasteiger partial charge is 0.348 e.